The summed E-state index contributed by atoms with van der Waals surface area (Å²) in [5.74, 6) is 2.90. The van der Waals surface area contributed by atoms with Crippen molar-refractivity contribution in [3.8, 4) is 11.5 Å². The topological polar surface area (TPSA) is 51.2 Å². The van der Waals surface area contributed by atoms with E-state index in [0.717, 1.165) is 56.1 Å². The first-order chi connectivity index (χ1) is 16.2. The summed E-state index contributed by atoms with van der Waals surface area (Å²) in [7, 11) is 3.62. The fourth-order valence-electron chi connectivity index (χ4n) is 9.64. The van der Waals surface area contributed by atoms with Crippen molar-refractivity contribution in [2.45, 2.75) is 94.5 Å². The van der Waals surface area contributed by atoms with E-state index in [1.165, 1.54) is 30.5 Å². The van der Waals surface area contributed by atoms with Crippen LogP contribution < -0.4 is 9.47 Å². The van der Waals surface area contributed by atoms with Crippen LogP contribution in [-0.4, -0.2) is 60.7 Å². The number of piperidine rings is 1. The smallest absolute Gasteiger partial charge is 0.165 e. The van der Waals surface area contributed by atoms with E-state index < -0.39 is 11.2 Å². The number of aliphatic hydroxyl groups is 1. The van der Waals surface area contributed by atoms with Crippen molar-refractivity contribution in [2.24, 2.45) is 23.2 Å². The molecule has 186 valence electrons. The molecule has 2 aliphatic heterocycles. The van der Waals surface area contributed by atoms with Gasteiger partial charge < -0.3 is 19.3 Å². The van der Waals surface area contributed by atoms with Crippen molar-refractivity contribution in [2.75, 3.05) is 27.3 Å². The highest BCUT2D eigenvalue weighted by Crippen LogP contribution is 2.77. The lowest BCUT2D eigenvalue weighted by atomic mass is 9.33. The number of ether oxygens (including phenoxy) is 3. The molecule has 5 aliphatic carbocycles. The molecule has 7 aliphatic rings. The summed E-state index contributed by atoms with van der Waals surface area (Å²) in [6.45, 7) is 8.76. The summed E-state index contributed by atoms with van der Waals surface area (Å²) in [5.41, 5.74) is 1.65. The molecular weight excluding hydrogens is 426 g/mol. The SMILES string of the molecule is COc1ccc2c3c1O[C@H]1[C@@]4(OC)CC[C@@]5(C[C@@H]4[C@@](C)(O)C(C)C)[C@@H](C2)N(CC2CC2)CC[C@]315. The number of methoxy groups -OCH3 is 2. The minimum Gasteiger partial charge on any atom is -0.493 e. The van der Waals surface area contributed by atoms with Gasteiger partial charge in [-0.25, -0.2) is 0 Å². The Kier molecular flexibility index (Phi) is 4.33. The Bertz CT molecular complexity index is 1030. The van der Waals surface area contributed by atoms with Gasteiger partial charge in [0.05, 0.1) is 12.7 Å². The molecule has 0 unspecified atom stereocenters. The number of hydrogen-bond acceptors (Lipinski definition) is 5. The number of nitrogens with zero attached hydrogens (tertiary/aromatic N) is 1. The maximum Gasteiger partial charge on any atom is 0.165 e. The van der Waals surface area contributed by atoms with E-state index in [-0.39, 0.29) is 28.8 Å². The van der Waals surface area contributed by atoms with E-state index in [9.17, 15) is 5.11 Å². The van der Waals surface area contributed by atoms with E-state index in [2.05, 4.69) is 37.8 Å². The minimum absolute atomic E-state index is 0.0436. The Labute approximate surface area is 204 Å². The summed E-state index contributed by atoms with van der Waals surface area (Å²) in [6.07, 6.45) is 8.07. The van der Waals surface area contributed by atoms with E-state index in [1.807, 2.05) is 7.11 Å². The van der Waals surface area contributed by atoms with E-state index >= 15 is 0 Å². The molecule has 4 bridgehead atoms. The standard InChI is InChI=1S/C29H41NO4/c1-17(2)26(3,31)21-15-27-10-11-29(21,33-5)25-28(27)12-13-30(16-18-6-7-18)22(27)14-19-8-9-20(32-4)24(34-25)23(19)28/h8-9,17-18,21-22,25,31H,6-7,10-16H2,1-5H3/t21-,22-,25-,26+,27-,28+,29-/m1/s1. The average molecular weight is 468 g/mol. The zero-order valence-electron chi connectivity index (χ0n) is 21.5. The van der Waals surface area contributed by atoms with Crippen LogP contribution in [0.3, 0.4) is 0 Å². The molecule has 5 heteroatoms. The number of likely N-dealkylation sites (tertiary alicyclic amines) is 1. The second kappa shape index (κ2) is 6.72. The maximum atomic E-state index is 12.0. The molecule has 34 heavy (non-hydrogen) atoms. The van der Waals surface area contributed by atoms with Crippen LogP contribution in [0.25, 0.3) is 0 Å². The molecule has 1 N–H and O–H groups in total. The van der Waals surface area contributed by atoms with Crippen LogP contribution in [0, 0.1) is 23.2 Å². The van der Waals surface area contributed by atoms with Crippen molar-refractivity contribution in [1.29, 1.82) is 0 Å². The molecule has 1 aromatic carbocycles. The van der Waals surface area contributed by atoms with Gasteiger partial charge in [-0.2, -0.15) is 0 Å². The Balaban J connectivity index is 1.48. The second-order valence-corrected chi connectivity index (χ2v) is 13.0. The molecule has 1 aromatic rings. The van der Waals surface area contributed by atoms with Crippen molar-refractivity contribution < 1.29 is 19.3 Å². The summed E-state index contributed by atoms with van der Waals surface area (Å²) in [4.78, 5) is 2.86. The van der Waals surface area contributed by atoms with Gasteiger partial charge in [0.25, 0.3) is 0 Å². The number of benzene rings is 1. The van der Waals surface area contributed by atoms with Gasteiger partial charge in [-0.1, -0.05) is 19.9 Å². The molecule has 2 spiro atoms. The highest BCUT2D eigenvalue weighted by atomic mass is 16.6. The van der Waals surface area contributed by atoms with Crippen LogP contribution >= 0.6 is 0 Å². The van der Waals surface area contributed by atoms with Gasteiger partial charge in [-0.3, -0.25) is 4.90 Å². The van der Waals surface area contributed by atoms with E-state index in [1.54, 1.807) is 7.11 Å². The van der Waals surface area contributed by atoms with Gasteiger partial charge in [-0.15, -0.1) is 0 Å². The van der Waals surface area contributed by atoms with Crippen molar-refractivity contribution in [3.63, 3.8) is 0 Å². The summed E-state index contributed by atoms with van der Waals surface area (Å²) in [6, 6.07) is 4.94. The Morgan fingerprint density at radius 2 is 2.00 bits per heavy atom. The molecule has 0 radical (unpaired) electrons. The fraction of sp³-hybridized carbons (Fsp3) is 0.793. The average Bonchev–Trinajstić information content (AvgIpc) is 3.57. The van der Waals surface area contributed by atoms with Gasteiger partial charge in [0.1, 0.15) is 11.7 Å². The Morgan fingerprint density at radius 3 is 2.68 bits per heavy atom. The first-order valence-corrected chi connectivity index (χ1v) is 13.6. The van der Waals surface area contributed by atoms with Crippen LogP contribution in [-0.2, 0) is 16.6 Å². The van der Waals surface area contributed by atoms with Crippen LogP contribution in [0.4, 0.5) is 0 Å². The first-order valence-electron chi connectivity index (χ1n) is 13.6. The first kappa shape index (κ1) is 21.9. The Morgan fingerprint density at radius 1 is 1.21 bits per heavy atom. The zero-order chi connectivity index (χ0) is 23.7. The monoisotopic (exact) mass is 467 g/mol. The molecule has 4 saturated carbocycles. The van der Waals surface area contributed by atoms with E-state index in [0.29, 0.717) is 6.04 Å². The minimum atomic E-state index is -0.816. The quantitative estimate of drug-likeness (QED) is 0.675. The molecule has 2 heterocycles. The van der Waals surface area contributed by atoms with Gasteiger partial charge in [0.15, 0.2) is 11.5 Å². The van der Waals surface area contributed by atoms with E-state index in [4.69, 9.17) is 14.2 Å². The summed E-state index contributed by atoms with van der Waals surface area (Å²) < 4.78 is 19.5. The Hall–Kier alpha value is -1.30. The maximum absolute atomic E-state index is 12.0. The zero-order valence-corrected chi connectivity index (χ0v) is 21.5. The lowest BCUT2D eigenvalue weighted by Gasteiger charge is -2.75. The predicted octanol–water partition coefficient (Wildman–Crippen LogP) is 4.33. The molecule has 5 nitrogen and oxygen atoms in total. The highest BCUT2D eigenvalue weighted by molar-refractivity contribution is 5.63. The molecule has 0 aromatic heterocycles. The van der Waals surface area contributed by atoms with Gasteiger partial charge in [0.2, 0.25) is 0 Å². The predicted molar refractivity (Wildman–Crippen MR) is 130 cm³/mol. The number of hydrogen-bond donors (Lipinski definition) is 1. The van der Waals surface area contributed by atoms with Crippen LogP contribution in [0.1, 0.15) is 70.4 Å². The van der Waals surface area contributed by atoms with Gasteiger partial charge >= 0.3 is 0 Å². The third-order valence-corrected chi connectivity index (χ3v) is 11.7. The van der Waals surface area contributed by atoms with Crippen molar-refractivity contribution in [1.82, 2.24) is 4.90 Å². The highest BCUT2D eigenvalue weighted by Gasteiger charge is 2.82. The summed E-state index contributed by atoms with van der Waals surface area (Å²) in [5, 5.41) is 12.0. The molecule has 5 fully saturated rings. The molecule has 1 saturated heterocycles. The number of fused-ring (bicyclic) bond motifs is 2. The van der Waals surface area contributed by atoms with Gasteiger partial charge in [0, 0.05) is 42.0 Å². The van der Waals surface area contributed by atoms with Crippen molar-refractivity contribution in [3.05, 3.63) is 23.3 Å². The third-order valence-electron chi connectivity index (χ3n) is 11.7. The molecular formula is C29H41NO4. The lowest BCUT2D eigenvalue weighted by molar-refractivity contribution is -0.306. The third kappa shape index (κ3) is 2.29. The molecule has 0 amide bonds. The second-order valence-electron chi connectivity index (χ2n) is 13.0. The van der Waals surface area contributed by atoms with Crippen LogP contribution in [0.2, 0.25) is 0 Å². The van der Waals surface area contributed by atoms with Crippen LogP contribution in [0.5, 0.6) is 11.5 Å². The largest absolute Gasteiger partial charge is 0.493 e. The lowest BCUT2D eigenvalue weighted by Crippen LogP contribution is -2.82. The normalized spacial score (nSPS) is 43.4. The van der Waals surface area contributed by atoms with Crippen molar-refractivity contribution >= 4 is 0 Å². The fourth-order valence-corrected chi connectivity index (χ4v) is 9.64. The molecule has 8 rings (SSSR count). The number of rotatable bonds is 6. The van der Waals surface area contributed by atoms with Gasteiger partial charge in [-0.05, 0) is 81.9 Å². The van der Waals surface area contributed by atoms with Crippen LogP contribution in [0.15, 0.2) is 12.1 Å². The molecule has 7 atom stereocenters. The summed E-state index contributed by atoms with van der Waals surface area (Å²) >= 11 is 0.